The molecule has 6 nitrogen and oxygen atoms in total. The number of hydrogen-bond acceptors (Lipinski definition) is 7. The monoisotopic (exact) mass is 418 g/mol. The molecule has 0 saturated carbocycles. The molecule has 0 aliphatic carbocycles. The summed E-state index contributed by atoms with van der Waals surface area (Å²) in [5.74, 6) is 0.904. The van der Waals surface area contributed by atoms with Gasteiger partial charge < -0.3 is 10.2 Å². The Kier molecular flexibility index (Phi) is 9.57. The van der Waals surface area contributed by atoms with Crippen molar-refractivity contribution in [2.75, 3.05) is 24.7 Å². The van der Waals surface area contributed by atoms with Crippen molar-refractivity contribution in [2.24, 2.45) is 5.34 Å². The molecule has 0 radical (unpaired) electrons. The number of hydrogen-bond donors (Lipinski definition) is 1. The zero-order valence-electron chi connectivity index (χ0n) is 15.5. The highest BCUT2D eigenvalue weighted by Gasteiger charge is 2.17. The molecule has 0 bridgehead atoms. The molecule has 0 aliphatic heterocycles. The van der Waals surface area contributed by atoms with Crippen LogP contribution < -0.4 is 5.32 Å². The molecular weight excluding hydrogens is 396 g/mol. The van der Waals surface area contributed by atoms with E-state index in [9.17, 15) is 14.5 Å². The van der Waals surface area contributed by atoms with Crippen LogP contribution in [0.3, 0.4) is 0 Å². The van der Waals surface area contributed by atoms with Gasteiger partial charge in [0.2, 0.25) is 5.91 Å². The van der Waals surface area contributed by atoms with Gasteiger partial charge in [-0.15, -0.1) is 4.91 Å². The lowest BCUT2D eigenvalue weighted by atomic mass is 9.95. The number of carbonyl (C=O) groups excluding carboxylic acids is 2. The van der Waals surface area contributed by atoms with Crippen molar-refractivity contribution >= 4 is 33.3 Å². The summed E-state index contributed by atoms with van der Waals surface area (Å²) in [4.78, 5) is 39.1. The Bertz CT molecular complexity index is 787. The van der Waals surface area contributed by atoms with Gasteiger partial charge in [-0.1, -0.05) is 70.1 Å². The van der Waals surface area contributed by atoms with E-state index in [1.165, 1.54) is 0 Å². The van der Waals surface area contributed by atoms with Crippen LogP contribution in [0.5, 0.6) is 0 Å². The van der Waals surface area contributed by atoms with Crippen molar-refractivity contribution in [3.05, 3.63) is 76.2 Å². The van der Waals surface area contributed by atoms with Gasteiger partial charge in [0, 0.05) is 29.2 Å². The molecule has 8 heteroatoms. The average molecular weight is 419 g/mol. The quantitative estimate of drug-likeness (QED) is 0.183. The lowest BCUT2D eigenvalue weighted by molar-refractivity contribution is -0.122. The molecule has 28 heavy (non-hydrogen) atoms. The number of benzene rings is 2. The Balaban J connectivity index is 1.83. The first-order valence-electron chi connectivity index (χ1n) is 8.80. The van der Waals surface area contributed by atoms with E-state index in [2.05, 4.69) is 15.5 Å². The Hall–Kier alpha value is -2.32. The van der Waals surface area contributed by atoms with Gasteiger partial charge in [0.25, 0.3) is 0 Å². The topological polar surface area (TPSA) is 84.8 Å². The minimum absolute atomic E-state index is 0.0581. The highest BCUT2D eigenvalue weighted by Crippen LogP contribution is 2.21. The number of amides is 1. The molecular formula is C20H22N2O4S2. The summed E-state index contributed by atoms with van der Waals surface area (Å²) in [6.07, 6.45) is 0. The summed E-state index contributed by atoms with van der Waals surface area (Å²) >= 11 is 0. The summed E-state index contributed by atoms with van der Waals surface area (Å²) in [6.45, 7) is 2.64. The molecule has 0 saturated heterocycles. The van der Waals surface area contributed by atoms with E-state index in [-0.39, 0.29) is 24.2 Å². The molecule has 0 aliphatic rings. The number of nitrogens with one attached hydrogen (secondary N) is 1. The maximum atomic E-state index is 12.6. The van der Waals surface area contributed by atoms with Crippen LogP contribution in [-0.4, -0.2) is 36.3 Å². The summed E-state index contributed by atoms with van der Waals surface area (Å²) in [6, 6.07) is 16.3. The minimum Gasteiger partial charge on any atom is -0.363 e. The van der Waals surface area contributed by atoms with E-state index in [4.69, 9.17) is 0 Å². The highest BCUT2D eigenvalue weighted by atomic mass is 33.1. The molecule has 2 aromatic rings. The maximum absolute atomic E-state index is 12.6. The predicted octanol–water partition coefficient (Wildman–Crippen LogP) is 4.22. The summed E-state index contributed by atoms with van der Waals surface area (Å²) in [5.41, 5.74) is 2.00. The number of ketones is 1. The Morgan fingerprint density at radius 2 is 1.75 bits per heavy atom. The van der Waals surface area contributed by atoms with Crippen molar-refractivity contribution in [1.82, 2.24) is 5.32 Å². The largest absolute Gasteiger partial charge is 0.363 e. The first-order chi connectivity index (χ1) is 13.6. The molecule has 1 unspecified atom stereocenters. The smallest absolute Gasteiger partial charge is 0.227 e. The standard InChI is InChI=1S/C20H22N2O4S2/c1-15(20(24)21-10-12-27-28-13-11-26-22-25)17-8-5-9-18(14-17)19(23)16-6-3-2-4-7-16/h2-9,14-15H,10-13H2,1H3,(H,21,24). The molecule has 0 heterocycles. The Labute approximate surface area is 172 Å². The van der Waals surface area contributed by atoms with E-state index in [1.54, 1.807) is 51.9 Å². The van der Waals surface area contributed by atoms with Gasteiger partial charge in [0.15, 0.2) is 11.1 Å². The van der Waals surface area contributed by atoms with Gasteiger partial charge in [-0.05, 0) is 18.6 Å². The molecule has 1 atom stereocenters. The van der Waals surface area contributed by atoms with Crippen LogP contribution in [0.25, 0.3) is 0 Å². The van der Waals surface area contributed by atoms with Crippen LogP contribution in [0.1, 0.15) is 34.3 Å². The first-order valence-corrected chi connectivity index (χ1v) is 11.3. The third-order valence-electron chi connectivity index (χ3n) is 3.96. The van der Waals surface area contributed by atoms with Gasteiger partial charge in [0.05, 0.1) is 5.92 Å². The minimum atomic E-state index is -0.353. The zero-order valence-corrected chi connectivity index (χ0v) is 17.1. The zero-order chi connectivity index (χ0) is 20.2. The van der Waals surface area contributed by atoms with Crippen LogP contribution in [-0.2, 0) is 9.63 Å². The predicted molar refractivity (Wildman–Crippen MR) is 114 cm³/mol. The Morgan fingerprint density at radius 1 is 1.04 bits per heavy atom. The Morgan fingerprint density at radius 3 is 2.50 bits per heavy atom. The van der Waals surface area contributed by atoms with Crippen molar-refractivity contribution in [1.29, 1.82) is 0 Å². The van der Waals surface area contributed by atoms with Crippen molar-refractivity contribution in [2.45, 2.75) is 12.8 Å². The normalized spacial score (nSPS) is 11.5. The summed E-state index contributed by atoms with van der Waals surface area (Å²) < 4.78 is 0. The number of rotatable bonds is 12. The van der Waals surface area contributed by atoms with Crippen LogP contribution in [0.2, 0.25) is 0 Å². The highest BCUT2D eigenvalue weighted by molar-refractivity contribution is 8.76. The molecule has 2 rings (SSSR count). The van der Waals surface area contributed by atoms with E-state index in [0.717, 1.165) is 11.3 Å². The van der Waals surface area contributed by atoms with Crippen LogP contribution >= 0.6 is 21.6 Å². The van der Waals surface area contributed by atoms with Gasteiger partial charge >= 0.3 is 0 Å². The number of nitrogens with zero attached hydrogens (tertiary/aromatic N) is 1. The lowest BCUT2D eigenvalue weighted by Crippen LogP contribution is -2.29. The lowest BCUT2D eigenvalue weighted by Gasteiger charge is -2.13. The third-order valence-corrected chi connectivity index (χ3v) is 6.33. The molecule has 0 spiro atoms. The molecule has 2 aromatic carbocycles. The van der Waals surface area contributed by atoms with E-state index in [0.29, 0.717) is 23.4 Å². The van der Waals surface area contributed by atoms with E-state index < -0.39 is 0 Å². The van der Waals surface area contributed by atoms with Crippen molar-refractivity contribution in [3.63, 3.8) is 0 Å². The second-order valence-electron chi connectivity index (χ2n) is 5.89. The fourth-order valence-corrected chi connectivity index (χ4v) is 4.18. The van der Waals surface area contributed by atoms with E-state index in [1.807, 2.05) is 31.2 Å². The SMILES string of the molecule is CC(C(=O)NCCSSCCON=O)c1cccc(C(=O)c2ccccc2)c1. The molecule has 0 fully saturated rings. The molecule has 0 aromatic heterocycles. The maximum Gasteiger partial charge on any atom is 0.227 e. The summed E-state index contributed by atoms with van der Waals surface area (Å²) in [7, 11) is 3.15. The molecule has 1 amide bonds. The average Bonchev–Trinajstić information content (AvgIpc) is 2.75. The second kappa shape index (κ2) is 12.2. The van der Waals surface area contributed by atoms with Crippen LogP contribution in [0, 0.1) is 4.91 Å². The summed E-state index contributed by atoms with van der Waals surface area (Å²) in [5, 5.41) is 5.23. The van der Waals surface area contributed by atoms with Gasteiger partial charge in [-0.3, -0.25) is 9.59 Å². The number of carbonyl (C=O) groups is 2. The van der Waals surface area contributed by atoms with Gasteiger partial charge in [-0.2, -0.15) is 0 Å². The van der Waals surface area contributed by atoms with Crippen molar-refractivity contribution in [3.8, 4) is 0 Å². The van der Waals surface area contributed by atoms with Crippen LogP contribution in [0.4, 0.5) is 0 Å². The van der Waals surface area contributed by atoms with Gasteiger partial charge in [-0.25, -0.2) is 0 Å². The fraction of sp³-hybridized carbons (Fsp3) is 0.300. The van der Waals surface area contributed by atoms with Crippen molar-refractivity contribution < 1.29 is 14.4 Å². The third kappa shape index (κ3) is 7.01. The first kappa shape index (κ1) is 22.0. The van der Waals surface area contributed by atoms with Gasteiger partial charge in [0.1, 0.15) is 6.61 Å². The van der Waals surface area contributed by atoms with E-state index >= 15 is 0 Å². The fourth-order valence-electron chi connectivity index (χ4n) is 2.45. The molecule has 1 N–H and O–H groups in total. The second-order valence-corrected chi connectivity index (χ2v) is 8.59. The molecule has 148 valence electrons. The van der Waals surface area contributed by atoms with Crippen LogP contribution in [0.15, 0.2) is 59.9 Å².